The fourth-order valence-electron chi connectivity index (χ4n) is 2.74. The number of nitrogens with one attached hydrogen (secondary N) is 2. The fourth-order valence-corrected chi connectivity index (χ4v) is 3.37. The minimum Gasteiger partial charge on any atom is -0.378 e. The second kappa shape index (κ2) is 11.5. The molecular weight excluding hydrogens is 382 g/mol. The van der Waals surface area contributed by atoms with Gasteiger partial charge in [0.05, 0.1) is 24.6 Å². The molecule has 0 unspecified atom stereocenters. The summed E-state index contributed by atoms with van der Waals surface area (Å²) in [6.07, 6.45) is 0.723. The third kappa shape index (κ3) is 8.20. The van der Waals surface area contributed by atoms with Crippen LogP contribution in [0.1, 0.15) is 36.5 Å². The molecule has 0 atom stereocenters. The van der Waals surface area contributed by atoms with Crippen LogP contribution in [0.4, 0.5) is 5.69 Å². The zero-order chi connectivity index (χ0) is 21.2. The molecule has 0 aliphatic heterocycles. The van der Waals surface area contributed by atoms with Crippen LogP contribution in [0.15, 0.2) is 48.5 Å². The highest BCUT2D eigenvalue weighted by Gasteiger charge is 2.06. The van der Waals surface area contributed by atoms with Crippen molar-refractivity contribution in [3.63, 3.8) is 0 Å². The summed E-state index contributed by atoms with van der Waals surface area (Å²) in [5.74, 6) is 1.40. The Labute approximate surface area is 178 Å². The van der Waals surface area contributed by atoms with Crippen molar-refractivity contribution in [3.8, 4) is 0 Å². The van der Waals surface area contributed by atoms with Crippen LogP contribution in [-0.4, -0.2) is 37.7 Å². The Bertz CT molecular complexity index is 719. The number of benzene rings is 2. The predicted molar refractivity (Wildman–Crippen MR) is 122 cm³/mol. The number of carbonyl (C=O) groups is 2. The minimum absolute atomic E-state index is 0.0119. The zero-order valence-electron chi connectivity index (χ0n) is 17.7. The van der Waals surface area contributed by atoms with Crippen molar-refractivity contribution in [3.05, 3.63) is 65.2 Å². The summed E-state index contributed by atoms with van der Waals surface area (Å²) in [7, 11) is 3.97. The molecule has 0 bridgehead atoms. The van der Waals surface area contributed by atoms with E-state index >= 15 is 0 Å². The summed E-state index contributed by atoms with van der Waals surface area (Å²) < 4.78 is 0. The third-order valence-corrected chi connectivity index (χ3v) is 5.27. The van der Waals surface area contributed by atoms with Gasteiger partial charge in [0.25, 0.3) is 0 Å². The van der Waals surface area contributed by atoms with Crippen molar-refractivity contribution < 1.29 is 9.59 Å². The maximum atomic E-state index is 12.0. The summed E-state index contributed by atoms with van der Waals surface area (Å²) in [5.41, 5.74) is 4.37. The molecule has 2 rings (SSSR count). The van der Waals surface area contributed by atoms with E-state index in [4.69, 9.17) is 0 Å². The average molecular weight is 414 g/mol. The lowest BCUT2D eigenvalue weighted by atomic mass is 10.0. The molecular formula is C23H31N3O2S. The van der Waals surface area contributed by atoms with Crippen LogP contribution in [0.3, 0.4) is 0 Å². The molecule has 2 amide bonds. The Hall–Kier alpha value is -2.47. The van der Waals surface area contributed by atoms with Gasteiger partial charge in [0, 0.05) is 19.8 Å². The quantitative estimate of drug-likeness (QED) is 0.462. The smallest absolute Gasteiger partial charge is 0.225 e. The van der Waals surface area contributed by atoms with E-state index in [0.29, 0.717) is 30.5 Å². The number of hydrogen-bond acceptors (Lipinski definition) is 4. The number of nitrogens with zero attached hydrogens (tertiary/aromatic N) is 1. The second-order valence-corrected chi connectivity index (χ2v) is 8.49. The van der Waals surface area contributed by atoms with Crippen LogP contribution >= 0.6 is 11.8 Å². The van der Waals surface area contributed by atoms with Crippen molar-refractivity contribution >= 4 is 29.3 Å². The van der Waals surface area contributed by atoms with Gasteiger partial charge in [-0.15, -0.1) is 11.8 Å². The van der Waals surface area contributed by atoms with Gasteiger partial charge >= 0.3 is 0 Å². The first-order chi connectivity index (χ1) is 13.8. The summed E-state index contributed by atoms with van der Waals surface area (Å²) in [5, 5.41) is 5.75. The standard InChI is InChI=1S/C23H31N3O2S/c1-17(2)20-9-5-18(6-10-20)13-22(27)24-15-29-16-25-23(28)14-19-7-11-21(12-8-19)26(3)4/h5-12,17H,13-16H2,1-4H3,(H,24,27)(H,25,28). The molecule has 2 N–H and O–H groups in total. The van der Waals surface area contributed by atoms with E-state index in [9.17, 15) is 9.59 Å². The molecule has 0 saturated heterocycles. The number of carbonyl (C=O) groups excluding carboxylic acids is 2. The summed E-state index contributed by atoms with van der Waals surface area (Å²) in [6.45, 7) is 4.30. The highest BCUT2D eigenvalue weighted by molar-refractivity contribution is 7.99. The van der Waals surface area contributed by atoms with Gasteiger partial charge in [-0.25, -0.2) is 0 Å². The van der Waals surface area contributed by atoms with E-state index in [2.05, 4.69) is 36.6 Å². The van der Waals surface area contributed by atoms with Crippen molar-refractivity contribution in [2.45, 2.75) is 32.6 Å². The zero-order valence-corrected chi connectivity index (χ0v) is 18.5. The van der Waals surface area contributed by atoms with Crippen LogP contribution in [0.25, 0.3) is 0 Å². The Morgan fingerprint density at radius 2 is 1.28 bits per heavy atom. The van der Waals surface area contributed by atoms with E-state index in [0.717, 1.165) is 16.8 Å². The molecule has 2 aromatic rings. The maximum absolute atomic E-state index is 12.0. The van der Waals surface area contributed by atoms with Crippen molar-refractivity contribution in [2.75, 3.05) is 30.7 Å². The molecule has 156 valence electrons. The van der Waals surface area contributed by atoms with Crippen LogP contribution in [0.2, 0.25) is 0 Å². The predicted octanol–water partition coefficient (Wildman–Crippen LogP) is 3.54. The van der Waals surface area contributed by atoms with Gasteiger partial charge in [0.1, 0.15) is 0 Å². The third-order valence-electron chi connectivity index (χ3n) is 4.57. The van der Waals surface area contributed by atoms with Crippen LogP contribution in [0.5, 0.6) is 0 Å². The Morgan fingerprint density at radius 1 is 0.828 bits per heavy atom. The van der Waals surface area contributed by atoms with E-state index in [1.54, 1.807) is 0 Å². The van der Waals surface area contributed by atoms with Gasteiger partial charge in [-0.2, -0.15) is 0 Å². The first-order valence-corrected chi connectivity index (χ1v) is 11.0. The summed E-state index contributed by atoms with van der Waals surface area (Å²) in [6, 6.07) is 16.1. The lowest BCUT2D eigenvalue weighted by Crippen LogP contribution is -2.28. The molecule has 6 heteroatoms. The first kappa shape index (κ1) is 22.8. The van der Waals surface area contributed by atoms with Crippen LogP contribution in [0, 0.1) is 0 Å². The van der Waals surface area contributed by atoms with E-state index in [-0.39, 0.29) is 11.8 Å². The lowest BCUT2D eigenvalue weighted by Gasteiger charge is -2.12. The normalized spacial score (nSPS) is 10.7. The molecule has 0 fully saturated rings. The Kier molecular flexibility index (Phi) is 9.06. The monoisotopic (exact) mass is 413 g/mol. The maximum Gasteiger partial charge on any atom is 0.225 e. The molecule has 0 radical (unpaired) electrons. The highest BCUT2D eigenvalue weighted by Crippen LogP contribution is 2.15. The number of hydrogen-bond donors (Lipinski definition) is 2. The van der Waals surface area contributed by atoms with Crippen molar-refractivity contribution in [1.29, 1.82) is 0 Å². The largest absolute Gasteiger partial charge is 0.378 e. The lowest BCUT2D eigenvalue weighted by molar-refractivity contribution is -0.120. The van der Waals surface area contributed by atoms with Gasteiger partial charge in [0.2, 0.25) is 11.8 Å². The van der Waals surface area contributed by atoms with Gasteiger partial charge in [0.15, 0.2) is 0 Å². The minimum atomic E-state index is -0.0216. The average Bonchev–Trinajstić information content (AvgIpc) is 2.68. The number of rotatable bonds is 10. The number of thioether (sulfide) groups is 1. The van der Waals surface area contributed by atoms with E-state index in [1.165, 1.54) is 17.3 Å². The SMILES string of the molecule is CC(C)c1ccc(CC(=O)NCSCNC(=O)Cc2ccc(N(C)C)cc2)cc1. The molecule has 0 aromatic heterocycles. The Balaban J connectivity index is 1.61. The molecule has 0 aliphatic carbocycles. The van der Waals surface area contributed by atoms with Gasteiger partial charge in [-0.3, -0.25) is 9.59 Å². The first-order valence-electron chi connectivity index (χ1n) is 9.81. The van der Waals surface area contributed by atoms with Gasteiger partial charge in [-0.1, -0.05) is 50.2 Å². The summed E-state index contributed by atoms with van der Waals surface area (Å²) >= 11 is 1.47. The molecule has 0 saturated carbocycles. The van der Waals surface area contributed by atoms with E-state index < -0.39 is 0 Å². The fraction of sp³-hybridized carbons (Fsp3) is 0.391. The molecule has 0 heterocycles. The summed E-state index contributed by atoms with van der Waals surface area (Å²) in [4.78, 5) is 26.1. The number of anilines is 1. The van der Waals surface area contributed by atoms with Gasteiger partial charge < -0.3 is 15.5 Å². The van der Waals surface area contributed by atoms with Crippen molar-refractivity contribution in [1.82, 2.24) is 10.6 Å². The molecule has 5 nitrogen and oxygen atoms in total. The topological polar surface area (TPSA) is 61.4 Å². The molecule has 0 spiro atoms. The molecule has 0 aliphatic rings. The van der Waals surface area contributed by atoms with E-state index in [1.807, 2.05) is 55.4 Å². The molecule has 29 heavy (non-hydrogen) atoms. The van der Waals surface area contributed by atoms with Gasteiger partial charge in [-0.05, 0) is 34.7 Å². The number of amides is 2. The van der Waals surface area contributed by atoms with Crippen molar-refractivity contribution in [2.24, 2.45) is 0 Å². The van der Waals surface area contributed by atoms with Crippen LogP contribution < -0.4 is 15.5 Å². The van der Waals surface area contributed by atoms with Crippen LogP contribution in [-0.2, 0) is 22.4 Å². The second-order valence-electron chi connectivity index (χ2n) is 7.50. The highest BCUT2D eigenvalue weighted by atomic mass is 32.2. The Morgan fingerprint density at radius 3 is 1.69 bits per heavy atom. The molecule has 2 aromatic carbocycles.